The number of aromatic nitrogens is 5. The maximum absolute atomic E-state index is 13.1. The minimum Gasteiger partial charge on any atom is -0.348 e. The zero-order valence-electron chi connectivity index (χ0n) is 17.7. The van der Waals surface area contributed by atoms with Gasteiger partial charge in [0.15, 0.2) is 5.65 Å². The summed E-state index contributed by atoms with van der Waals surface area (Å²) in [5.41, 5.74) is 4.14. The summed E-state index contributed by atoms with van der Waals surface area (Å²) in [5.74, 6) is 0.0700. The van der Waals surface area contributed by atoms with Crippen LogP contribution in [0.15, 0.2) is 55.0 Å². The van der Waals surface area contributed by atoms with Crippen molar-refractivity contribution in [2.24, 2.45) is 0 Å². The molecular weight excluding hydrogens is 376 g/mol. The van der Waals surface area contributed by atoms with E-state index in [1.807, 2.05) is 47.3 Å². The minimum absolute atomic E-state index is 0.139. The van der Waals surface area contributed by atoms with Crippen molar-refractivity contribution in [1.29, 1.82) is 0 Å². The third kappa shape index (κ3) is 3.83. The topological polar surface area (TPSA) is 77.6 Å². The number of hydrogen-bond donors (Lipinski definition) is 1. The van der Waals surface area contributed by atoms with Crippen molar-refractivity contribution in [1.82, 2.24) is 29.9 Å². The molecule has 1 aromatic carbocycles. The summed E-state index contributed by atoms with van der Waals surface area (Å²) in [4.78, 5) is 17.8. The van der Waals surface area contributed by atoms with Crippen LogP contribution in [0.2, 0.25) is 0 Å². The van der Waals surface area contributed by atoms with Gasteiger partial charge in [0.05, 0.1) is 29.0 Å². The van der Waals surface area contributed by atoms with E-state index in [0.29, 0.717) is 12.1 Å². The van der Waals surface area contributed by atoms with Gasteiger partial charge in [-0.15, -0.1) is 0 Å². The molecule has 0 saturated carbocycles. The zero-order valence-corrected chi connectivity index (χ0v) is 17.7. The second-order valence-corrected chi connectivity index (χ2v) is 7.98. The van der Waals surface area contributed by atoms with Gasteiger partial charge in [0.1, 0.15) is 0 Å². The molecule has 4 aromatic rings. The molecule has 0 atom stereocenters. The van der Waals surface area contributed by atoms with Gasteiger partial charge >= 0.3 is 0 Å². The van der Waals surface area contributed by atoms with Crippen LogP contribution in [-0.2, 0) is 6.54 Å². The van der Waals surface area contributed by atoms with Crippen molar-refractivity contribution in [3.05, 3.63) is 71.8 Å². The molecule has 30 heavy (non-hydrogen) atoms. The standard InChI is InChI=1S/C23H26N6O/c1-15(2)21-10-19(20-13-26-29(16(3)4)22(20)27-21)23(30)24-11-17-12-25-28(14-17)18-8-6-5-7-9-18/h5-10,12-16H,11H2,1-4H3,(H,24,30). The Balaban J connectivity index is 1.58. The molecule has 3 aromatic heterocycles. The molecule has 154 valence electrons. The predicted molar refractivity (Wildman–Crippen MR) is 117 cm³/mol. The Kier molecular flexibility index (Phi) is 5.35. The van der Waals surface area contributed by atoms with Gasteiger partial charge in [-0.1, -0.05) is 32.0 Å². The number of carbonyl (C=O) groups is 1. The summed E-state index contributed by atoms with van der Waals surface area (Å²) in [5, 5.41) is 12.6. The van der Waals surface area contributed by atoms with E-state index in [4.69, 9.17) is 4.98 Å². The van der Waals surface area contributed by atoms with Crippen molar-refractivity contribution >= 4 is 16.9 Å². The lowest BCUT2D eigenvalue weighted by molar-refractivity contribution is 0.0952. The first-order chi connectivity index (χ1) is 14.4. The molecule has 0 aliphatic rings. The Labute approximate surface area is 175 Å². The average molecular weight is 403 g/mol. The molecule has 0 aliphatic carbocycles. The molecule has 0 unspecified atom stereocenters. The molecule has 0 bridgehead atoms. The first-order valence-electron chi connectivity index (χ1n) is 10.2. The van der Waals surface area contributed by atoms with Crippen LogP contribution >= 0.6 is 0 Å². The first-order valence-corrected chi connectivity index (χ1v) is 10.2. The van der Waals surface area contributed by atoms with Crippen LogP contribution in [0.1, 0.15) is 61.3 Å². The average Bonchev–Trinajstić information content (AvgIpc) is 3.39. The fourth-order valence-corrected chi connectivity index (χ4v) is 3.35. The Hall–Kier alpha value is -3.48. The van der Waals surface area contributed by atoms with Gasteiger partial charge in [-0.05, 0) is 38.0 Å². The monoisotopic (exact) mass is 402 g/mol. The van der Waals surface area contributed by atoms with Gasteiger partial charge in [0, 0.05) is 30.0 Å². The molecule has 1 N–H and O–H groups in total. The van der Waals surface area contributed by atoms with E-state index in [9.17, 15) is 4.79 Å². The van der Waals surface area contributed by atoms with E-state index >= 15 is 0 Å². The normalized spacial score (nSPS) is 11.5. The Morgan fingerprint density at radius 2 is 1.83 bits per heavy atom. The lowest BCUT2D eigenvalue weighted by Crippen LogP contribution is -2.23. The zero-order chi connectivity index (χ0) is 21.3. The molecule has 3 heterocycles. The number of benzene rings is 1. The molecule has 0 spiro atoms. The van der Waals surface area contributed by atoms with E-state index in [1.165, 1.54) is 0 Å². The van der Waals surface area contributed by atoms with Gasteiger partial charge < -0.3 is 5.32 Å². The molecule has 0 aliphatic heterocycles. The third-order valence-corrected chi connectivity index (χ3v) is 5.02. The van der Waals surface area contributed by atoms with E-state index in [0.717, 1.165) is 28.0 Å². The van der Waals surface area contributed by atoms with Crippen LogP contribution in [0, 0.1) is 0 Å². The van der Waals surface area contributed by atoms with Crippen LogP contribution in [0.5, 0.6) is 0 Å². The lowest BCUT2D eigenvalue weighted by atomic mass is 10.0. The number of rotatable bonds is 6. The second-order valence-electron chi connectivity index (χ2n) is 7.98. The Bertz CT molecular complexity index is 1170. The summed E-state index contributed by atoms with van der Waals surface area (Å²) in [6.07, 6.45) is 5.43. The molecule has 7 heteroatoms. The van der Waals surface area contributed by atoms with Gasteiger partial charge in [0.2, 0.25) is 0 Å². The maximum atomic E-state index is 13.1. The van der Waals surface area contributed by atoms with Crippen LogP contribution in [0.3, 0.4) is 0 Å². The van der Waals surface area contributed by atoms with Crippen molar-refractivity contribution in [2.75, 3.05) is 0 Å². The highest BCUT2D eigenvalue weighted by Gasteiger charge is 2.19. The molecule has 0 fully saturated rings. The van der Waals surface area contributed by atoms with Gasteiger partial charge in [0.25, 0.3) is 5.91 Å². The highest BCUT2D eigenvalue weighted by atomic mass is 16.1. The highest BCUT2D eigenvalue weighted by Crippen LogP contribution is 2.24. The second kappa shape index (κ2) is 8.10. The number of nitrogens with one attached hydrogen (secondary N) is 1. The van der Waals surface area contributed by atoms with Gasteiger partial charge in [-0.25, -0.2) is 14.3 Å². The summed E-state index contributed by atoms with van der Waals surface area (Å²) in [7, 11) is 0. The molecule has 0 saturated heterocycles. The van der Waals surface area contributed by atoms with Crippen molar-refractivity contribution < 1.29 is 4.79 Å². The number of nitrogens with zero attached hydrogens (tertiary/aromatic N) is 5. The van der Waals surface area contributed by atoms with Crippen molar-refractivity contribution in [3.8, 4) is 5.69 Å². The van der Waals surface area contributed by atoms with E-state index < -0.39 is 0 Å². The largest absolute Gasteiger partial charge is 0.348 e. The van der Waals surface area contributed by atoms with E-state index in [2.05, 4.69) is 43.2 Å². The summed E-state index contributed by atoms with van der Waals surface area (Å²) in [6.45, 7) is 8.65. The van der Waals surface area contributed by atoms with Crippen LogP contribution < -0.4 is 5.32 Å². The van der Waals surface area contributed by atoms with Gasteiger partial charge in [-0.2, -0.15) is 10.2 Å². The van der Waals surface area contributed by atoms with Crippen LogP contribution in [-0.4, -0.2) is 30.5 Å². The lowest BCUT2D eigenvalue weighted by Gasteiger charge is -2.12. The molecule has 4 rings (SSSR count). The van der Waals surface area contributed by atoms with Crippen LogP contribution in [0.4, 0.5) is 0 Å². The highest BCUT2D eigenvalue weighted by molar-refractivity contribution is 6.05. The van der Waals surface area contributed by atoms with Crippen molar-refractivity contribution in [2.45, 2.75) is 46.2 Å². The smallest absolute Gasteiger partial charge is 0.252 e. The number of pyridine rings is 1. The van der Waals surface area contributed by atoms with Crippen molar-refractivity contribution in [3.63, 3.8) is 0 Å². The molecule has 7 nitrogen and oxygen atoms in total. The fraction of sp³-hybridized carbons (Fsp3) is 0.304. The fourth-order valence-electron chi connectivity index (χ4n) is 3.35. The SMILES string of the molecule is CC(C)c1cc(C(=O)NCc2cnn(-c3ccccc3)c2)c2cnn(C(C)C)c2n1. The van der Waals surface area contributed by atoms with Gasteiger partial charge in [-0.3, -0.25) is 4.79 Å². The minimum atomic E-state index is -0.139. The number of para-hydroxylation sites is 1. The number of amides is 1. The predicted octanol–water partition coefficient (Wildman–Crippen LogP) is 4.25. The summed E-state index contributed by atoms with van der Waals surface area (Å²) < 4.78 is 3.66. The first kappa shape index (κ1) is 19.8. The number of hydrogen-bond acceptors (Lipinski definition) is 4. The molecule has 1 amide bonds. The van der Waals surface area contributed by atoms with E-state index in [1.54, 1.807) is 17.1 Å². The number of carbonyl (C=O) groups excluding carboxylic acids is 1. The molecular formula is C23H26N6O. The Morgan fingerprint density at radius 1 is 1.07 bits per heavy atom. The number of fused-ring (bicyclic) bond motifs is 1. The maximum Gasteiger partial charge on any atom is 0.252 e. The quantitative estimate of drug-likeness (QED) is 0.523. The summed E-state index contributed by atoms with van der Waals surface area (Å²) >= 11 is 0. The third-order valence-electron chi connectivity index (χ3n) is 5.02. The Morgan fingerprint density at radius 3 is 2.53 bits per heavy atom. The van der Waals surface area contributed by atoms with E-state index in [-0.39, 0.29) is 17.9 Å². The summed E-state index contributed by atoms with van der Waals surface area (Å²) in [6, 6.07) is 11.9. The van der Waals surface area contributed by atoms with Crippen LogP contribution in [0.25, 0.3) is 16.7 Å². The molecule has 0 radical (unpaired) electrons.